The largest absolute Gasteiger partial charge is 0.338 e. The molecule has 9 heteroatoms. The maximum atomic E-state index is 12.4. The minimum Gasteiger partial charge on any atom is -0.338 e. The van der Waals surface area contributed by atoms with Gasteiger partial charge in [0.1, 0.15) is 0 Å². The summed E-state index contributed by atoms with van der Waals surface area (Å²) in [4.78, 5) is 29.2. The van der Waals surface area contributed by atoms with E-state index in [4.69, 9.17) is 4.52 Å². The fourth-order valence-corrected chi connectivity index (χ4v) is 2.90. The van der Waals surface area contributed by atoms with E-state index in [1.807, 2.05) is 13.8 Å². The van der Waals surface area contributed by atoms with E-state index in [1.54, 1.807) is 18.5 Å². The van der Waals surface area contributed by atoms with Crippen LogP contribution in [0.1, 0.15) is 31.6 Å². The van der Waals surface area contributed by atoms with Gasteiger partial charge in [0.25, 0.3) is 0 Å². The Morgan fingerprint density at radius 1 is 1.16 bits per heavy atom. The highest BCUT2D eigenvalue weighted by atomic mass is 16.5. The van der Waals surface area contributed by atoms with Gasteiger partial charge in [0.2, 0.25) is 17.7 Å². The Labute approximate surface area is 146 Å². The fourth-order valence-electron chi connectivity index (χ4n) is 2.90. The third-order valence-electron chi connectivity index (χ3n) is 4.53. The van der Waals surface area contributed by atoms with E-state index in [-0.39, 0.29) is 18.0 Å². The van der Waals surface area contributed by atoms with Crippen LogP contribution in [0.4, 0.5) is 5.95 Å². The second-order valence-electron chi connectivity index (χ2n) is 6.17. The number of nitrogens with one attached hydrogen (secondary N) is 1. The van der Waals surface area contributed by atoms with E-state index in [0.29, 0.717) is 17.7 Å². The Morgan fingerprint density at radius 3 is 2.40 bits per heavy atom. The molecule has 3 rings (SSSR count). The first-order valence-electron chi connectivity index (χ1n) is 8.41. The predicted molar refractivity (Wildman–Crippen MR) is 90.7 cm³/mol. The molecular weight excluding hydrogens is 322 g/mol. The highest BCUT2D eigenvalue weighted by molar-refractivity contribution is 5.93. The molecule has 3 heterocycles. The predicted octanol–water partition coefficient (Wildman–Crippen LogP) is 0.874. The lowest BCUT2D eigenvalue weighted by molar-refractivity contribution is -0.121. The van der Waals surface area contributed by atoms with E-state index in [0.717, 1.165) is 26.2 Å². The Kier molecular flexibility index (Phi) is 5.34. The third kappa shape index (κ3) is 4.18. The van der Waals surface area contributed by atoms with Gasteiger partial charge in [-0.05, 0) is 26.8 Å². The van der Waals surface area contributed by atoms with E-state index in [2.05, 4.69) is 42.1 Å². The lowest BCUT2D eigenvalue weighted by Gasteiger charge is -2.38. The highest BCUT2D eigenvalue weighted by Crippen LogP contribution is 2.20. The van der Waals surface area contributed by atoms with E-state index in [9.17, 15) is 4.79 Å². The molecule has 1 saturated heterocycles. The molecule has 2 aromatic heterocycles. The van der Waals surface area contributed by atoms with Crippen LogP contribution in [0.15, 0.2) is 23.0 Å². The zero-order valence-electron chi connectivity index (χ0n) is 14.7. The maximum Gasteiger partial charge on any atom is 0.243 e. The number of anilines is 1. The number of aromatic nitrogens is 4. The molecule has 0 bridgehead atoms. The van der Waals surface area contributed by atoms with Crippen molar-refractivity contribution in [1.29, 1.82) is 0 Å². The number of amides is 1. The molecule has 134 valence electrons. The molecule has 1 aliphatic heterocycles. The van der Waals surface area contributed by atoms with Crippen LogP contribution in [0, 0.1) is 6.92 Å². The van der Waals surface area contributed by atoms with E-state index < -0.39 is 0 Å². The van der Waals surface area contributed by atoms with Gasteiger partial charge in [-0.1, -0.05) is 5.16 Å². The Balaban J connectivity index is 1.52. The summed E-state index contributed by atoms with van der Waals surface area (Å²) in [6.45, 7) is 9.03. The number of carbonyl (C=O) groups is 1. The molecule has 0 radical (unpaired) electrons. The van der Waals surface area contributed by atoms with Gasteiger partial charge in [0.05, 0.1) is 12.1 Å². The number of hydrogen-bond acceptors (Lipinski definition) is 8. The normalized spacial score (nSPS) is 18.7. The van der Waals surface area contributed by atoms with Gasteiger partial charge in [0.15, 0.2) is 5.82 Å². The monoisotopic (exact) mass is 345 g/mol. The van der Waals surface area contributed by atoms with Crippen LogP contribution in [0.25, 0.3) is 0 Å². The van der Waals surface area contributed by atoms with E-state index >= 15 is 0 Å². The van der Waals surface area contributed by atoms with Crippen molar-refractivity contribution in [3.8, 4) is 0 Å². The first-order chi connectivity index (χ1) is 12.0. The van der Waals surface area contributed by atoms with Crippen molar-refractivity contribution in [2.45, 2.75) is 32.9 Å². The van der Waals surface area contributed by atoms with Gasteiger partial charge in [-0.15, -0.1) is 0 Å². The van der Waals surface area contributed by atoms with Crippen molar-refractivity contribution in [3.05, 3.63) is 30.2 Å². The molecule has 1 aliphatic rings. The van der Waals surface area contributed by atoms with Gasteiger partial charge in [0, 0.05) is 38.6 Å². The maximum absolute atomic E-state index is 12.4. The van der Waals surface area contributed by atoms with Crippen LogP contribution in [0.3, 0.4) is 0 Å². The molecule has 0 aliphatic carbocycles. The summed E-state index contributed by atoms with van der Waals surface area (Å²) in [6.07, 6.45) is 3.21. The minimum absolute atomic E-state index is 0.0743. The molecule has 1 N–H and O–H groups in total. The molecule has 1 amide bonds. The van der Waals surface area contributed by atoms with E-state index in [1.165, 1.54) is 0 Å². The zero-order valence-corrected chi connectivity index (χ0v) is 14.7. The summed E-state index contributed by atoms with van der Waals surface area (Å²) in [5.41, 5.74) is 0. The van der Waals surface area contributed by atoms with Crippen LogP contribution in [-0.4, -0.2) is 68.0 Å². The van der Waals surface area contributed by atoms with Crippen LogP contribution in [0.2, 0.25) is 0 Å². The Bertz CT molecular complexity index is 698. The van der Waals surface area contributed by atoms with Gasteiger partial charge < -0.3 is 4.52 Å². The molecule has 25 heavy (non-hydrogen) atoms. The van der Waals surface area contributed by atoms with Gasteiger partial charge >= 0.3 is 0 Å². The number of piperazine rings is 1. The average Bonchev–Trinajstić information content (AvgIpc) is 3.08. The average molecular weight is 345 g/mol. The first-order valence-corrected chi connectivity index (χ1v) is 8.41. The van der Waals surface area contributed by atoms with Crippen molar-refractivity contribution in [3.63, 3.8) is 0 Å². The third-order valence-corrected chi connectivity index (χ3v) is 4.53. The molecule has 0 spiro atoms. The highest BCUT2D eigenvalue weighted by Gasteiger charge is 2.29. The smallest absolute Gasteiger partial charge is 0.243 e. The second kappa shape index (κ2) is 7.66. The summed E-state index contributed by atoms with van der Waals surface area (Å²) in [7, 11) is 0. The lowest BCUT2D eigenvalue weighted by Crippen LogP contribution is -2.53. The summed E-state index contributed by atoms with van der Waals surface area (Å²) in [6, 6.07) is 1.54. The molecular formula is C16H23N7O2. The van der Waals surface area contributed by atoms with Gasteiger partial charge in [-0.3, -0.25) is 19.9 Å². The number of rotatable bonds is 5. The van der Waals surface area contributed by atoms with Gasteiger partial charge in [-0.25, -0.2) is 9.97 Å². The van der Waals surface area contributed by atoms with Crippen LogP contribution in [0.5, 0.6) is 0 Å². The lowest BCUT2D eigenvalue weighted by atomic mass is 10.2. The topological polar surface area (TPSA) is 100 Å². The van der Waals surface area contributed by atoms with Gasteiger partial charge in [-0.2, -0.15) is 4.98 Å². The standard InChI is InChI=1S/C16H23N7O2/c1-11(14(24)20-16-17-5-4-6-18-16)22-7-9-23(10-8-22)12(2)15-19-13(3)21-25-15/h4-6,11-12H,7-10H2,1-3H3,(H,17,18,20,24)/t11-,12+/m1/s1. The molecule has 0 saturated carbocycles. The summed E-state index contributed by atoms with van der Waals surface area (Å²) in [5, 5.41) is 6.60. The quantitative estimate of drug-likeness (QED) is 0.852. The first kappa shape index (κ1) is 17.4. The van der Waals surface area contributed by atoms with Crippen molar-refractivity contribution >= 4 is 11.9 Å². The number of aryl methyl sites for hydroxylation is 1. The summed E-state index contributed by atoms with van der Waals surface area (Å²) >= 11 is 0. The summed E-state index contributed by atoms with van der Waals surface area (Å²) < 4.78 is 5.26. The number of carbonyl (C=O) groups excluding carboxylic acids is 1. The van der Waals surface area contributed by atoms with Crippen LogP contribution in [-0.2, 0) is 4.79 Å². The second-order valence-corrected chi connectivity index (χ2v) is 6.17. The Hall–Kier alpha value is -2.39. The molecule has 9 nitrogen and oxygen atoms in total. The van der Waals surface area contributed by atoms with Crippen molar-refractivity contribution < 1.29 is 9.32 Å². The fraction of sp³-hybridized carbons (Fsp3) is 0.562. The Morgan fingerprint density at radius 2 is 1.80 bits per heavy atom. The molecule has 1 fully saturated rings. The van der Waals surface area contributed by atoms with Crippen molar-refractivity contribution in [1.82, 2.24) is 29.9 Å². The molecule has 2 aromatic rings. The number of hydrogen-bond donors (Lipinski definition) is 1. The zero-order chi connectivity index (χ0) is 17.8. The van der Waals surface area contributed by atoms with Crippen molar-refractivity contribution in [2.24, 2.45) is 0 Å². The molecule has 0 unspecified atom stereocenters. The minimum atomic E-state index is -0.244. The van der Waals surface area contributed by atoms with Crippen LogP contribution < -0.4 is 5.32 Å². The van der Waals surface area contributed by atoms with Crippen molar-refractivity contribution in [2.75, 3.05) is 31.5 Å². The summed E-state index contributed by atoms with van der Waals surface area (Å²) in [5.74, 6) is 1.52. The number of nitrogens with zero attached hydrogens (tertiary/aromatic N) is 6. The molecule has 2 atom stereocenters. The van der Waals surface area contributed by atoms with Crippen LogP contribution >= 0.6 is 0 Å². The molecule has 0 aromatic carbocycles. The SMILES string of the molecule is Cc1noc([C@H](C)N2CCN([C@H](C)C(=O)Nc3ncccn3)CC2)n1.